The molecule has 0 radical (unpaired) electrons. The molecule has 5 rings (SSSR count). The van der Waals surface area contributed by atoms with Crippen molar-refractivity contribution < 1.29 is 14.2 Å². The van der Waals surface area contributed by atoms with Gasteiger partial charge in [-0.25, -0.2) is 0 Å². The van der Waals surface area contributed by atoms with E-state index in [0.717, 1.165) is 31.0 Å². The van der Waals surface area contributed by atoms with Gasteiger partial charge in [-0.05, 0) is 36.9 Å². The van der Waals surface area contributed by atoms with E-state index in [1.54, 1.807) is 14.2 Å². The van der Waals surface area contributed by atoms with E-state index < -0.39 is 0 Å². The molecule has 1 spiro atoms. The third-order valence-corrected chi connectivity index (χ3v) is 6.39. The molecule has 0 amide bonds. The van der Waals surface area contributed by atoms with E-state index in [2.05, 4.69) is 36.2 Å². The van der Waals surface area contributed by atoms with Gasteiger partial charge in [0.1, 0.15) is 12.2 Å². The van der Waals surface area contributed by atoms with Gasteiger partial charge in [0.05, 0.1) is 12.5 Å². The first-order valence-corrected chi connectivity index (χ1v) is 8.45. The van der Waals surface area contributed by atoms with Crippen molar-refractivity contribution in [2.24, 2.45) is 11.8 Å². The van der Waals surface area contributed by atoms with Gasteiger partial charge >= 0.3 is 0 Å². The first-order chi connectivity index (χ1) is 11.2. The summed E-state index contributed by atoms with van der Waals surface area (Å²) in [5.74, 6) is 3.00. The van der Waals surface area contributed by atoms with Crippen molar-refractivity contribution in [2.45, 2.75) is 24.0 Å². The molecular formula is C19H23NO3. The summed E-state index contributed by atoms with van der Waals surface area (Å²) >= 11 is 0. The van der Waals surface area contributed by atoms with Crippen LogP contribution in [0.2, 0.25) is 0 Å². The first-order valence-electron chi connectivity index (χ1n) is 8.45. The summed E-state index contributed by atoms with van der Waals surface area (Å²) in [6.45, 7) is 2.18. The molecule has 0 N–H and O–H groups in total. The maximum atomic E-state index is 6.52. The van der Waals surface area contributed by atoms with Crippen LogP contribution in [0.3, 0.4) is 0 Å². The molecule has 5 atom stereocenters. The lowest BCUT2D eigenvalue weighted by molar-refractivity contribution is -0.0598. The molecule has 4 heteroatoms. The van der Waals surface area contributed by atoms with Crippen LogP contribution in [0.15, 0.2) is 24.3 Å². The van der Waals surface area contributed by atoms with Gasteiger partial charge in [0.25, 0.3) is 0 Å². The summed E-state index contributed by atoms with van der Waals surface area (Å²) in [4.78, 5) is 2.47. The Morgan fingerprint density at radius 3 is 2.91 bits per heavy atom. The number of methoxy groups -OCH3 is 2. The van der Waals surface area contributed by atoms with Crippen LogP contribution >= 0.6 is 0 Å². The van der Waals surface area contributed by atoms with Gasteiger partial charge in [-0.3, -0.25) is 0 Å². The van der Waals surface area contributed by atoms with Gasteiger partial charge < -0.3 is 19.1 Å². The van der Waals surface area contributed by atoms with Crippen molar-refractivity contribution in [3.8, 4) is 11.5 Å². The topological polar surface area (TPSA) is 30.9 Å². The number of ether oxygens (including phenoxy) is 3. The Morgan fingerprint density at radius 1 is 1.26 bits per heavy atom. The summed E-state index contributed by atoms with van der Waals surface area (Å²) in [6, 6.07) is 4.32. The Morgan fingerprint density at radius 2 is 2.13 bits per heavy atom. The van der Waals surface area contributed by atoms with Crippen molar-refractivity contribution in [2.75, 3.05) is 34.4 Å². The average molecular weight is 313 g/mol. The smallest absolute Gasteiger partial charge is 0.166 e. The molecule has 4 aliphatic rings. The standard InChI is InChI=1S/C19H23NO3/c1-20-9-12-8-11-4-6-14(21-2)17-16(11)19(10-20)13(12)5-7-15(22-3)18(19)23-17/h4-7,12-13,15,18H,8-10H2,1-3H3/t12-,13-,15+,18+,19-/m1/s1. The second kappa shape index (κ2) is 4.52. The summed E-state index contributed by atoms with van der Waals surface area (Å²) in [7, 11) is 5.74. The number of nitrogens with zero attached hydrogens (tertiary/aromatic N) is 1. The lowest BCUT2D eigenvalue weighted by atomic mass is 9.53. The van der Waals surface area contributed by atoms with E-state index >= 15 is 0 Å². The fourth-order valence-electron chi connectivity index (χ4n) is 5.71. The minimum atomic E-state index is 0.00135. The van der Waals surface area contributed by atoms with Gasteiger partial charge in [0.15, 0.2) is 11.5 Å². The van der Waals surface area contributed by atoms with Gasteiger partial charge in [-0.2, -0.15) is 0 Å². The van der Waals surface area contributed by atoms with Crippen LogP contribution in [0, 0.1) is 11.8 Å². The Balaban J connectivity index is 1.80. The Hall–Kier alpha value is -1.52. The van der Waals surface area contributed by atoms with Crippen molar-refractivity contribution in [1.29, 1.82) is 0 Å². The van der Waals surface area contributed by atoms with Crippen LogP contribution < -0.4 is 9.47 Å². The van der Waals surface area contributed by atoms with Crippen LogP contribution in [-0.2, 0) is 16.6 Å². The number of piperidine rings is 1. The van der Waals surface area contributed by atoms with Crippen LogP contribution in [0.1, 0.15) is 11.1 Å². The highest BCUT2D eigenvalue weighted by molar-refractivity contribution is 5.62. The molecule has 0 unspecified atom stereocenters. The molecule has 2 aliphatic carbocycles. The summed E-state index contributed by atoms with van der Waals surface area (Å²) in [6.07, 6.45) is 5.79. The molecule has 0 aromatic heterocycles. The van der Waals surface area contributed by atoms with E-state index in [9.17, 15) is 0 Å². The average Bonchev–Trinajstić information content (AvgIpc) is 2.87. The predicted octanol–water partition coefficient (Wildman–Crippen LogP) is 2.01. The fraction of sp³-hybridized carbons (Fsp3) is 0.579. The number of likely N-dealkylation sites (N-methyl/N-ethyl adjacent to an activating group) is 1. The molecule has 1 fully saturated rings. The normalized spacial score (nSPS) is 39.8. The van der Waals surface area contributed by atoms with Crippen molar-refractivity contribution in [3.63, 3.8) is 0 Å². The predicted molar refractivity (Wildman–Crippen MR) is 87.2 cm³/mol. The zero-order valence-electron chi connectivity index (χ0n) is 13.9. The monoisotopic (exact) mass is 313 g/mol. The molecule has 0 saturated carbocycles. The fourth-order valence-corrected chi connectivity index (χ4v) is 5.71. The van der Waals surface area contributed by atoms with Gasteiger partial charge in [0.2, 0.25) is 0 Å². The van der Waals surface area contributed by atoms with Gasteiger partial charge in [-0.1, -0.05) is 18.2 Å². The van der Waals surface area contributed by atoms with Crippen molar-refractivity contribution >= 4 is 0 Å². The molecular weight excluding hydrogens is 290 g/mol. The molecule has 2 bridgehead atoms. The van der Waals surface area contributed by atoms with E-state index in [-0.39, 0.29) is 17.6 Å². The SMILES string of the molecule is COc1ccc2c3c1O[C@H]1[C@@H](OC)C=C[C@@H]4[C@H](C2)CN(C)C[C@]341. The number of hydrogen-bond acceptors (Lipinski definition) is 4. The summed E-state index contributed by atoms with van der Waals surface area (Å²) in [5.41, 5.74) is 2.84. The molecule has 122 valence electrons. The molecule has 1 aromatic carbocycles. The highest BCUT2D eigenvalue weighted by Crippen LogP contribution is 2.62. The maximum absolute atomic E-state index is 6.52. The molecule has 23 heavy (non-hydrogen) atoms. The zero-order valence-corrected chi connectivity index (χ0v) is 13.9. The Kier molecular flexibility index (Phi) is 2.73. The van der Waals surface area contributed by atoms with Gasteiger partial charge in [-0.15, -0.1) is 0 Å². The molecule has 1 saturated heterocycles. The lowest BCUT2D eigenvalue weighted by Crippen LogP contribution is -2.65. The number of hydrogen-bond donors (Lipinski definition) is 0. The molecule has 2 aliphatic heterocycles. The summed E-state index contributed by atoms with van der Waals surface area (Å²) < 4.78 is 17.9. The maximum Gasteiger partial charge on any atom is 0.166 e. The second-order valence-corrected chi connectivity index (χ2v) is 7.48. The number of likely N-dealkylation sites (tertiary alicyclic amines) is 1. The first kappa shape index (κ1) is 13.9. The van der Waals surface area contributed by atoms with Crippen LogP contribution in [0.25, 0.3) is 0 Å². The molecule has 4 nitrogen and oxygen atoms in total. The Bertz CT molecular complexity index is 700. The van der Waals surface area contributed by atoms with E-state index in [4.69, 9.17) is 14.2 Å². The van der Waals surface area contributed by atoms with Crippen molar-refractivity contribution in [1.82, 2.24) is 4.90 Å². The highest BCUT2D eigenvalue weighted by Gasteiger charge is 2.64. The largest absolute Gasteiger partial charge is 0.493 e. The van der Waals surface area contributed by atoms with Crippen LogP contribution in [0.4, 0.5) is 0 Å². The number of benzene rings is 1. The molecule has 1 aromatic rings. The number of allylic oxidation sites excluding steroid dienone is 1. The highest BCUT2D eigenvalue weighted by atomic mass is 16.6. The van der Waals surface area contributed by atoms with E-state index in [0.29, 0.717) is 11.8 Å². The lowest BCUT2D eigenvalue weighted by Gasteiger charge is -2.56. The minimum Gasteiger partial charge on any atom is -0.493 e. The summed E-state index contributed by atoms with van der Waals surface area (Å²) in [5, 5.41) is 0. The van der Waals surface area contributed by atoms with E-state index in [1.807, 2.05) is 0 Å². The second-order valence-electron chi connectivity index (χ2n) is 7.48. The number of rotatable bonds is 2. The Labute approximate surface area is 137 Å². The zero-order chi connectivity index (χ0) is 15.8. The molecule has 2 heterocycles. The van der Waals surface area contributed by atoms with Gasteiger partial charge in [0, 0.05) is 25.8 Å². The van der Waals surface area contributed by atoms with Crippen LogP contribution in [-0.4, -0.2) is 51.5 Å². The van der Waals surface area contributed by atoms with E-state index in [1.165, 1.54) is 11.1 Å². The minimum absolute atomic E-state index is 0.00135. The third-order valence-electron chi connectivity index (χ3n) is 6.39. The van der Waals surface area contributed by atoms with Crippen LogP contribution in [0.5, 0.6) is 11.5 Å². The quantitative estimate of drug-likeness (QED) is 0.782. The van der Waals surface area contributed by atoms with Crippen molar-refractivity contribution in [3.05, 3.63) is 35.4 Å². The third kappa shape index (κ3) is 1.54.